The molecule has 0 amide bonds. The summed E-state index contributed by atoms with van der Waals surface area (Å²) in [5.41, 5.74) is 2.30. The zero-order chi connectivity index (χ0) is 12.7. The Morgan fingerprint density at radius 2 is 2.00 bits per heavy atom. The van der Waals surface area contributed by atoms with E-state index in [-0.39, 0.29) is 0 Å². The minimum Gasteiger partial charge on any atom is -0.357 e. The largest absolute Gasteiger partial charge is 0.357 e. The van der Waals surface area contributed by atoms with Crippen LogP contribution in [-0.4, -0.2) is 18.1 Å². The van der Waals surface area contributed by atoms with Gasteiger partial charge in [-0.1, -0.05) is 20.3 Å². The van der Waals surface area contributed by atoms with Gasteiger partial charge in [-0.05, 0) is 37.5 Å². The van der Waals surface area contributed by atoms with E-state index in [2.05, 4.69) is 37.8 Å². The fraction of sp³-hybridized carbons (Fsp3) is 0.643. The molecule has 3 heteroatoms. The lowest BCUT2D eigenvalue weighted by Gasteiger charge is -2.22. The quantitative estimate of drug-likeness (QED) is 0.684. The lowest BCUT2D eigenvalue weighted by Crippen LogP contribution is -2.25. The molecule has 0 aliphatic rings. The van der Waals surface area contributed by atoms with Crippen molar-refractivity contribution in [3.8, 4) is 0 Å². The molecular weight excluding hydrogens is 232 g/mol. The Morgan fingerprint density at radius 1 is 1.24 bits per heavy atom. The first-order chi connectivity index (χ1) is 8.24. The Morgan fingerprint density at radius 3 is 2.53 bits per heavy atom. The van der Waals surface area contributed by atoms with Crippen molar-refractivity contribution in [2.24, 2.45) is 0 Å². The molecule has 0 atom stereocenters. The SMILES string of the molecule is CCCCN(CC)c1cc(CCl)cc(CC)n1. The first-order valence-electron chi connectivity index (χ1n) is 6.55. The van der Waals surface area contributed by atoms with Gasteiger partial charge in [0.25, 0.3) is 0 Å². The molecule has 0 radical (unpaired) electrons. The van der Waals surface area contributed by atoms with Crippen LogP contribution in [0.2, 0.25) is 0 Å². The number of unbranched alkanes of at least 4 members (excludes halogenated alkanes) is 1. The Bertz CT molecular complexity index is 317. The van der Waals surface area contributed by atoms with Crippen molar-refractivity contribution in [1.82, 2.24) is 4.98 Å². The summed E-state index contributed by atoms with van der Waals surface area (Å²) >= 11 is 5.93. The average molecular weight is 255 g/mol. The highest BCUT2D eigenvalue weighted by molar-refractivity contribution is 6.17. The van der Waals surface area contributed by atoms with E-state index in [1.807, 2.05) is 0 Å². The van der Waals surface area contributed by atoms with E-state index in [9.17, 15) is 0 Å². The standard InChI is InChI=1S/C14H23ClN2/c1-4-7-8-17(6-3)14-10-12(11-15)9-13(5-2)16-14/h9-10H,4-8,11H2,1-3H3. The second-order valence-electron chi connectivity index (χ2n) is 4.25. The number of hydrogen-bond donors (Lipinski definition) is 0. The second kappa shape index (κ2) is 7.54. The van der Waals surface area contributed by atoms with Crippen LogP contribution in [0.5, 0.6) is 0 Å². The number of halogens is 1. The first kappa shape index (κ1) is 14.3. The molecule has 1 aromatic rings. The summed E-state index contributed by atoms with van der Waals surface area (Å²) < 4.78 is 0. The molecule has 0 spiro atoms. The van der Waals surface area contributed by atoms with Gasteiger partial charge in [0.1, 0.15) is 5.82 Å². The van der Waals surface area contributed by atoms with E-state index in [1.54, 1.807) is 0 Å². The highest BCUT2D eigenvalue weighted by atomic mass is 35.5. The van der Waals surface area contributed by atoms with Gasteiger partial charge in [0.15, 0.2) is 0 Å². The molecule has 0 saturated carbocycles. The number of anilines is 1. The molecule has 2 nitrogen and oxygen atoms in total. The number of aryl methyl sites for hydroxylation is 1. The normalized spacial score (nSPS) is 10.6. The Kier molecular flexibility index (Phi) is 6.35. The third-order valence-corrected chi connectivity index (χ3v) is 3.24. The molecule has 1 rings (SSSR count). The topological polar surface area (TPSA) is 16.1 Å². The molecule has 17 heavy (non-hydrogen) atoms. The Hall–Kier alpha value is -0.760. The number of rotatable bonds is 7. The van der Waals surface area contributed by atoms with Gasteiger partial charge in [-0.15, -0.1) is 11.6 Å². The van der Waals surface area contributed by atoms with E-state index in [4.69, 9.17) is 16.6 Å². The summed E-state index contributed by atoms with van der Waals surface area (Å²) in [6.07, 6.45) is 3.39. The number of nitrogens with zero attached hydrogens (tertiary/aromatic N) is 2. The lowest BCUT2D eigenvalue weighted by atomic mass is 10.2. The molecule has 0 aliphatic carbocycles. The average Bonchev–Trinajstić information content (AvgIpc) is 2.39. The van der Waals surface area contributed by atoms with Crippen LogP contribution < -0.4 is 4.90 Å². The molecule has 0 N–H and O–H groups in total. The molecule has 0 unspecified atom stereocenters. The predicted octanol–water partition coefficient (Wildman–Crippen LogP) is 4.01. The Balaban J connectivity index is 2.92. The van der Waals surface area contributed by atoms with Crippen molar-refractivity contribution in [2.45, 2.75) is 45.9 Å². The predicted molar refractivity (Wildman–Crippen MR) is 76.0 cm³/mol. The molecule has 0 fully saturated rings. The third-order valence-electron chi connectivity index (χ3n) is 2.93. The van der Waals surface area contributed by atoms with Crippen LogP contribution in [0.4, 0.5) is 5.82 Å². The molecule has 96 valence electrons. The van der Waals surface area contributed by atoms with Crippen LogP contribution >= 0.6 is 11.6 Å². The maximum Gasteiger partial charge on any atom is 0.129 e. The summed E-state index contributed by atoms with van der Waals surface area (Å²) in [6, 6.07) is 4.22. The molecular formula is C14H23ClN2. The zero-order valence-corrected chi connectivity index (χ0v) is 11.9. The van der Waals surface area contributed by atoms with Crippen molar-refractivity contribution >= 4 is 17.4 Å². The molecule has 0 bridgehead atoms. The van der Waals surface area contributed by atoms with E-state index in [0.29, 0.717) is 5.88 Å². The smallest absolute Gasteiger partial charge is 0.129 e. The fourth-order valence-electron chi connectivity index (χ4n) is 1.84. The van der Waals surface area contributed by atoms with Gasteiger partial charge in [-0.3, -0.25) is 0 Å². The van der Waals surface area contributed by atoms with E-state index >= 15 is 0 Å². The summed E-state index contributed by atoms with van der Waals surface area (Å²) in [6.45, 7) is 8.60. The van der Waals surface area contributed by atoms with Crippen LogP contribution in [0.1, 0.15) is 44.9 Å². The van der Waals surface area contributed by atoms with Crippen LogP contribution in [0, 0.1) is 0 Å². The van der Waals surface area contributed by atoms with E-state index in [0.717, 1.165) is 31.0 Å². The monoisotopic (exact) mass is 254 g/mol. The van der Waals surface area contributed by atoms with Crippen molar-refractivity contribution in [3.05, 3.63) is 23.4 Å². The highest BCUT2D eigenvalue weighted by Crippen LogP contribution is 2.17. The van der Waals surface area contributed by atoms with Gasteiger partial charge in [-0.25, -0.2) is 4.98 Å². The summed E-state index contributed by atoms with van der Waals surface area (Å²) in [4.78, 5) is 7.02. The van der Waals surface area contributed by atoms with Crippen LogP contribution in [0.3, 0.4) is 0 Å². The minimum absolute atomic E-state index is 0.563. The van der Waals surface area contributed by atoms with Crippen LogP contribution in [-0.2, 0) is 12.3 Å². The van der Waals surface area contributed by atoms with Gasteiger partial charge >= 0.3 is 0 Å². The highest BCUT2D eigenvalue weighted by Gasteiger charge is 2.08. The van der Waals surface area contributed by atoms with Gasteiger partial charge in [0.05, 0.1) is 0 Å². The van der Waals surface area contributed by atoms with Gasteiger partial charge < -0.3 is 4.90 Å². The van der Waals surface area contributed by atoms with Gasteiger partial charge in [0.2, 0.25) is 0 Å². The zero-order valence-electron chi connectivity index (χ0n) is 11.2. The maximum atomic E-state index is 5.93. The molecule has 1 aromatic heterocycles. The summed E-state index contributed by atoms with van der Waals surface area (Å²) in [5.74, 6) is 1.64. The maximum absolute atomic E-state index is 5.93. The molecule has 0 saturated heterocycles. The molecule has 0 aliphatic heterocycles. The van der Waals surface area contributed by atoms with Crippen LogP contribution in [0.25, 0.3) is 0 Å². The Labute approximate surface area is 110 Å². The second-order valence-corrected chi connectivity index (χ2v) is 4.51. The minimum atomic E-state index is 0.563. The van der Waals surface area contributed by atoms with E-state index in [1.165, 1.54) is 18.4 Å². The van der Waals surface area contributed by atoms with Gasteiger partial charge in [0, 0.05) is 24.7 Å². The molecule has 0 aromatic carbocycles. The summed E-state index contributed by atoms with van der Waals surface area (Å²) in [7, 11) is 0. The fourth-order valence-corrected chi connectivity index (χ4v) is 1.99. The lowest BCUT2D eigenvalue weighted by molar-refractivity contribution is 0.721. The van der Waals surface area contributed by atoms with Crippen molar-refractivity contribution in [1.29, 1.82) is 0 Å². The van der Waals surface area contributed by atoms with Crippen molar-refractivity contribution in [2.75, 3.05) is 18.0 Å². The number of pyridine rings is 1. The summed E-state index contributed by atoms with van der Waals surface area (Å²) in [5, 5.41) is 0. The van der Waals surface area contributed by atoms with Crippen LogP contribution in [0.15, 0.2) is 12.1 Å². The third kappa shape index (κ3) is 4.19. The number of aromatic nitrogens is 1. The van der Waals surface area contributed by atoms with E-state index < -0.39 is 0 Å². The number of alkyl halides is 1. The number of hydrogen-bond acceptors (Lipinski definition) is 2. The van der Waals surface area contributed by atoms with Crippen molar-refractivity contribution in [3.63, 3.8) is 0 Å². The van der Waals surface area contributed by atoms with Gasteiger partial charge in [-0.2, -0.15) is 0 Å². The molecule has 1 heterocycles. The van der Waals surface area contributed by atoms with Crippen molar-refractivity contribution < 1.29 is 0 Å². The first-order valence-corrected chi connectivity index (χ1v) is 7.09.